The molecule has 2 heterocycles. The average Bonchev–Trinajstić information content (AvgIpc) is 2.53. The predicted molar refractivity (Wildman–Crippen MR) is 89.3 cm³/mol. The van der Waals surface area contributed by atoms with Gasteiger partial charge in [-0.05, 0) is 29.7 Å². The van der Waals surface area contributed by atoms with Crippen molar-refractivity contribution in [2.75, 3.05) is 16.8 Å². The fourth-order valence-corrected chi connectivity index (χ4v) is 2.41. The third-order valence-electron chi connectivity index (χ3n) is 3.55. The van der Waals surface area contributed by atoms with Gasteiger partial charge in [-0.15, -0.1) is 0 Å². The lowest BCUT2D eigenvalue weighted by molar-refractivity contribution is 1.04. The Morgan fingerprint density at radius 2 is 1.73 bits per heavy atom. The molecule has 3 rings (SSSR count). The van der Waals surface area contributed by atoms with E-state index in [0.29, 0.717) is 23.4 Å². The van der Waals surface area contributed by atoms with Crippen LogP contribution in [0.4, 0.5) is 17.6 Å². The third kappa shape index (κ3) is 2.76. The van der Waals surface area contributed by atoms with Gasteiger partial charge in [0.1, 0.15) is 11.3 Å². The summed E-state index contributed by atoms with van der Waals surface area (Å²) in [5.74, 6) is 1.18. The first kappa shape index (κ1) is 14.1. The molecule has 0 atom stereocenters. The summed E-state index contributed by atoms with van der Waals surface area (Å²) in [5, 5.41) is 3.32. The van der Waals surface area contributed by atoms with Crippen LogP contribution in [0.15, 0.2) is 36.4 Å². The molecule has 0 amide bonds. The van der Waals surface area contributed by atoms with Gasteiger partial charge in [-0.25, -0.2) is 9.97 Å². The van der Waals surface area contributed by atoms with Crippen LogP contribution < -0.4 is 16.8 Å². The van der Waals surface area contributed by atoms with Crippen LogP contribution in [0.3, 0.4) is 0 Å². The first-order chi connectivity index (χ1) is 10.7. The summed E-state index contributed by atoms with van der Waals surface area (Å²) in [6.45, 7) is 2.85. The molecular weight excluding hydrogens is 276 g/mol. The van der Waals surface area contributed by atoms with Crippen molar-refractivity contribution in [1.29, 1.82) is 0 Å². The molecule has 0 aliphatic rings. The highest BCUT2D eigenvalue weighted by atomic mass is 15.1. The summed E-state index contributed by atoms with van der Waals surface area (Å²) in [6, 6.07) is 12.1. The van der Waals surface area contributed by atoms with E-state index in [-0.39, 0.29) is 5.95 Å². The van der Waals surface area contributed by atoms with Crippen molar-refractivity contribution in [3.63, 3.8) is 0 Å². The maximum Gasteiger partial charge on any atom is 0.222 e. The highest BCUT2D eigenvalue weighted by Crippen LogP contribution is 2.19. The van der Waals surface area contributed by atoms with E-state index in [0.717, 1.165) is 12.2 Å². The fourth-order valence-electron chi connectivity index (χ4n) is 2.41. The van der Waals surface area contributed by atoms with E-state index in [4.69, 9.17) is 11.5 Å². The van der Waals surface area contributed by atoms with Crippen molar-refractivity contribution in [1.82, 2.24) is 15.0 Å². The number of nitrogen functional groups attached to an aromatic ring is 2. The van der Waals surface area contributed by atoms with Crippen LogP contribution >= 0.6 is 0 Å². The molecule has 22 heavy (non-hydrogen) atoms. The number of nitrogens with two attached hydrogens (primary N) is 2. The van der Waals surface area contributed by atoms with E-state index in [1.165, 1.54) is 11.1 Å². The van der Waals surface area contributed by atoms with Gasteiger partial charge in [-0.3, -0.25) is 0 Å². The number of anilines is 3. The van der Waals surface area contributed by atoms with Gasteiger partial charge in [0, 0.05) is 6.54 Å². The van der Waals surface area contributed by atoms with Crippen LogP contribution in [-0.2, 0) is 13.0 Å². The summed E-state index contributed by atoms with van der Waals surface area (Å²) in [4.78, 5) is 12.5. The number of hydrogen-bond donors (Lipinski definition) is 3. The van der Waals surface area contributed by atoms with Crippen molar-refractivity contribution in [2.45, 2.75) is 19.9 Å². The van der Waals surface area contributed by atoms with Gasteiger partial charge < -0.3 is 16.8 Å². The monoisotopic (exact) mass is 294 g/mol. The molecule has 0 aliphatic heterocycles. The summed E-state index contributed by atoms with van der Waals surface area (Å²) in [6.07, 6.45) is 1.00. The number of nitrogens with one attached hydrogen (secondary N) is 1. The Balaban J connectivity index is 1.85. The molecule has 0 bridgehead atoms. The minimum absolute atomic E-state index is 0.157. The van der Waals surface area contributed by atoms with Crippen molar-refractivity contribution < 1.29 is 0 Å². The van der Waals surface area contributed by atoms with Crippen LogP contribution in [0.5, 0.6) is 0 Å². The zero-order valence-electron chi connectivity index (χ0n) is 12.4. The van der Waals surface area contributed by atoms with Crippen molar-refractivity contribution in [3.05, 3.63) is 47.5 Å². The quantitative estimate of drug-likeness (QED) is 0.682. The van der Waals surface area contributed by atoms with Crippen molar-refractivity contribution in [3.8, 4) is 0 Å². The molecular formula is C16H18N6. The lowest BCUT2D eigenvalue weighted by Crippen LogP contribution is -2.06. The van der Waals surface area contributed by atoms with Crippen LogP contribution in [0.1, 0.15) is 18.1 Å². The van der Waals surface area contributed by atoms with E-state index >= 15 is 0 Å². The largest absolute Gasteiger partial charge is 0.382 e. The van der Waals surface area contributed by atoms with E-state index in [9.17, 15) is 0 Å². The molecule has 0 fully saturated rings. The van der Waals surface area contributed by atoms with Crippen LogP contribution in [-0.4, -0.2) is 15.0 Å². The van der Waals surface area contributed by atoms with Gasteiger partial charge >= 0.3 is 0 Å². The second kappa shape index (κ2) is 5.85. The minimum Gasteiger partial charge on any atom is -0.382 e. The van der Waals surface area contributed by atoms with Gasteiger partial charge in [-0.1, -0.05) is 31.2 Å². The highest BCUT2D eigenvalue weighted by molar-refractivity contribution is 5.86. The number of aromatic nitrogens is 3. The zero-order chi connectivity index (χ0) is 15.5. The minimum atomic E-state index is 0.157. The number of rotatable bonds is 4. The number of fused-ring (bicyclic) bond motifs is 1. The molecule has 112 valence electrons. The summed E-state index contributed by atoms with van der Waals surface area (Å²) in [5.41, 5.74) is 15.2. The van der Waals surface area contributed by atoms with Crippen molar-refractivity contribution >= 4 is 28.6 Å². The molecule has 0 aliphatic carbocycles. The first-order valence-electron chi connectivity index (χ1n) is 7.17. The normalized spacial score (nSPS) is 10.8. The summed E-state index contributed by atoms with van der Waals surface area (Å²) in [7, 11) is 0. The van der Waals surface area contributed by atoms with E-state index < -0.39 is 0 Å². The Bertz CT molecular complexity index is 815. The Morgan fingerprint density at radius 1 is 0.955 bits per heavy atom. The second-order valence-corrected chi connectivity index (χ2v) is 5.01. The topological polar surface area (TPSA) is 103 Å². The molecule has 0 unspecified atom stereocenters. The number of nitrogens with zero attached hydrogens (tertiary/aromatic N) is 3. The van der Waals surface area contributed by atoms with Crippen LogP contribution in [0.25, 0.3) is 11.0 Å². The van der Waals surface area contributed by atoms with Crippen LogP contribution in [0.2, 0.25) is 0 Å². The molecule has 2 aromatic heterocycles. The second-order valence-electron chi connectivity index (χ2n) is 5.01. The summed E-state index contributed by atoms with van der Waals surface area (Å²) >= 11 is 0. The molecule has 6 nitrogen and oxygen atoms in total. The highest BCUT2D eigenvalue weighted by Gasteiger charge is 2.06. The van der Waals surface area contributed by atoms with Gasteiger partial charge in [0.25, 0.3) is 0 Å². The summed E-state index contributed by atoms with van der Waals surface area (Å²) < 4.78 is 0. The van der Waals surface area contributed by atoms with Gasteiger partial charge in [-0.2, -0.15) is 4.98 Å². The number of benzene rings is 1. The molecule has 3 aromatic rings. The van der Waals surface area contributed by atoms with Gasteiger partial charge in [0.2, 0.25) is 5.95 Å². The maximum atomic E-state index is 5.86. The van der Waals surface area contributed by atoms with Gasteiger partial charge in [0.05, 0.1) is 5.52 Å². The lowest BCUT2D eigenvalue weighted by atomic mass is 10.1. The Morgan fingerprint density at radius 3 is 2.50 bits per heavy atom. The predicted octanol–water partition coefficient (Wildman–Crippen LogP) is 2.36. The Hall–Kier alpha value is -2.89. The number of aryl methyl sites for hydroxylation is 1. The van der Waals surface area contributed by atoms with Crippen molar-refractivity contribution in [2.24, 2.45) is 0 Å². The SMILES string of the molecule is CCc1ccccc1CNc1ccc2nc(N)nc(N)c2n1. The smallest absolute Gasteiger partial charge is 0.222 e. The molecule has 0 spiro atoms. The Labute approximate surface area is 128 Å². The van der Waals surface area contributed by atoms with E-state index in [1.54, 1.807) is 0 Å². The number of hydrogen-bond acceptors (Lipinski definition) is 6. The maximum absolute atomic E-state index is 5.86. The molecule has 0 saturated carbocycles. The number of pyridine rings is 1. The van der Waals surface area contributed by atoms with Gasteiger partial charge in [0.15, 0.2) is 5.82 Å². The van der Waals surface area contributed by atoms with E-state index in [2.05, 4.69) is 45.4 Å². The van der Waals surface area contributed by atoms with E-state index in [1.807, 2.05) is 18.2 Å². The van der Waals surface area contributed by atoms with Crippen LogP contribution in [0, 0.1) is 0 Å². The Kier molecular flexibility index (Phi) is 3.74. The zero-order valence-corrected chi connectivity index (χ0v) is 12.4. The lowest BCUT2D eigenvalue weighted by Gasteiger charge is -2.10. The first-order valence-corrected chi connectivity index (χ1v) is 7.17. The molecule has 1 aromatic carbocycles. The molecule has 0 saturated heterocycles. The third-order valence-corrected chi connectivity index (χ3v) is 3.55. The molecule has 6 heteroatoms. The fraction of sp³-hybridized carbons (Fsp3) is 0.188. The standard InChI is InChI=1S/C16H18N6/c1-2-10-5-3-4-6-11(10)9-19-13-8-7-12-14(21-13)15(17)22-16(18)20-12/h3-8H,2,9H2,1H3,(H,19,21)(H4,17,18,20,22). The average molecular weight is 294 g/mol. The molecule has 5 N–H and O–H groups in total. The molecule has 0 radical (unpaired) electrons.